The largest absolute Gasteiger partial charge is 0.492 e. The van der Waals surface area contributed by atoms with Crippen molar-refractivity contribution in [1.29, 1.82) is 0 Å². The Kier molecular flexibility index (Phi) is 3.77. The number of carbonyl (C=O) groups is 1. The number of likely N-dealkylation sites (tertiary alicyclic amines) is 2. The van der Waals surface area contributed by atoms with E-state index < -0.39 is 0 Å². The second-order valence-electron chi connectivity index (χ2n) is 7.09. The number of para-hydroxylation sites is 1. The molecule has 124 valence electrons. The zero-order valence-electron chi connectivity index (χ0n) is 13.5. The van der Waals surface area contributed by atoms with Crippen LogP contribution in [0.3, 0.4) is 0 Å². The molecule has 2 fully saturated rings. The second kappa shape index (κ2) is 5.80. The molecule has 1 atom stereocenters. The van der Waals surface area contributed by atoms with Crippen molar-refractivity contribution in [2.75, 3.05) is 39.3 Å². The van der Waals surface area contributed by atoms with Crippen LogP contribution in [0, 0.1) is 0 Å². The Bertz CT molecular complexity index is 596. The number of hydrogen-bond acceptors (Lipinski definition) is 4. The summed E-state index contributed by atoms with van der Waals surface area (Å²) < 4.78 is 5.93. The fraction of sp³-hybridized carbons (Fsp3) is 0.611. The average Bonchev–Trinajstić information content (AvgIpc) is 3.22. The highest BCUT2D eigenvalue weighted by Crippen LogP contribution is 2.45. The van der Waals surface area contributed by atoms with E-state index in [4.69, 9.17) is 10.5 Å². The van der Waals surface area contributed by atoms with Gasteiger partial charge in [0.25, 0.3) is 0 Å². The summed E-state index contributed by atoms with van der Waals surface area (Å²) in [6.07, 6.45) is 3.36. The summed E-state index contributed by atoms with van der Waals surface area (Å²) >= 11 is 0. The summed E-state index contributed by atoms with van der Waals surface area (Å²) in [7, 11) is 0. The van der Waals surface area contributed by atoms with Gasteiger partial charge in [0.2, 0.25) is 5.91 Å². The maximum atomic E-state index is 11.7. The lowest BCUT2D eigenvalue weighted by atomic mass is 9.74. The van der Waals surface area contributed by atoms with Crippen LogP contribution in [0.4, 0.5) is 0 Å². The van der Waals surface area contributed by atoms with E-state index in [9.17, 15) is 4.79 Å². The van der Waals surface area contributed by atoms with Crippen molar-refractivity contribution < 1.29 is 9.53 Å². The zero-order chi connectivity index (χ0) is 15.9. The summed E-state index contributed by atoms with van der Waals surface area (Å²) in [4.78, 5) is 16.2. The molecule has 2 saturated heterocycles. The van der Waals surface area contributed by atoms with Gasteiger partial charge >= 0.3 is 0 Å². The lowest BCUT2D eigenvalue weighted by Gasteiger charge is -2.41. The van der Waals surface area contributed by atoms with Crippen LogP contribution in [0.1, 0.15) is 24.8 Å². The molecule has 0 aliphatic carbocycles. The van der Waals surface area contributed by atoms with Gasteiger partial charge in [-0.2, -0.15) is 0 Å². The molecular formula is C18H25N3O2. The highest BCUT2D eigenvalue weighted by molar-refractivity contribution is 5.78. The number of carbonyl (C=O) groups excluding carboxylic acids is 1. The van der Waals surface area contributed by atoms with Crippen molar-refractivity contribution in [2.24, 2.45) is 5.73 Å². The minimum atomic E-state index is 0.0825. The van der Waals surface area contributed by atoms with Gasteiger partial charge in [-0.05, 0) is 38.4 Å². The predicted octanol–water partition coefficient (Wildman–Crippen LogP) is 0.972. The topological polar surface area (TPSA) is 58.8 Å². The van der Waals surface area contributed by atoms with Crippen LogP contribution >= 0.6 is 0 Å². The first-order chi connectivity index (χ1) is 11.2. The summed E-state index contributed by atoms with van der Waals surface area (Å²) in [5.74, 6) is 1.15. The van der Waals surface area contributed by atoms with E-state index in [0.29, 0.717) is 6.04 Å². The number of hydrogen-bond donors (Lipinski definition) is 1. The van der Waals surface area contributed by atoms with E-state index in [0.717, 1.165) is 57.8 Å². The van der Waals surface area contributed by atoms with Crippen molar-refractivity contribution in [1.82, 2.24) is 9.80 Å². The van der Waals surface area contributed by atoms with Crippen molar-refractivity contribution in [3.8, 4) is 5.75 Å². The quantitative estimate of drug-likeness (QED) is 0.883. The van der Waals surface area contributed by atoms with Crippen molar-refractivity contribution >= 4 is 5.91 Å². The van der Waals surface area contributed by atoms with Gasteiger partial charge in [0, 0.05) is 30.1 Å². The van der Waals surface area contributed by atoms with Gasteiger partial charge in [-0.25, -0.2) is 0 Å². The Morgan fingerprint density at radius 3 is 2.83 bits per heavy atom. The molecule has 4 rings (SSSR count). The molecule has 0 saturated carbocycles. The minimum Gasteiger partial charge on any atom is -0.492 e. The Balaban J connectivity index is 1.40. The fourth-order valence-electron chi connectivity index (χ4n) is 4.45. The van der Waals surface area contributed by atoms with Gasteiger partial charge in [0.05, 0.1) is 13.2 Å². The predicted molar refractivity (Wildman–Crippen MR) is 88.5 cm³/mol. The number of fused-ring (bicyclic) bond motifs is 2. The smallest absolute Gasteiger partial charge is 0.236 e. The molecular weight excluding hydrogens is 290 g/mol. The third-order valence-corrected chi connectivity index (χ3v) is 5.92. The van der Waals surface area contributed by atoms with Gasteiger partial charge in [-0.3, -0.25) is 9.69 Å². The van der Waals surface area contributed by atoms with E-state index in [1.165, 1.54) is 5.56 Å². The van der Waals surface area contributed by atoms with Crippen LogP contribution < -0.4 is 10.5 Å². The van der Waals surface area contributed by atoms with Gasteiger partial charge < -0.3 is 15.4 Å². The van der Waals surface area contributed by atoms with Crippen LogP contribution in [-0.2, 0) is 10.2 Å². The molecule has 0 radical (unpaired) electrons. The van der Waals surface area contributed by atoms with Crippen LogP contribution in [0.5, 0.6) is 5.75 Å². The van der Waals surface area contributed by atoms with Crippen molar-refractivity contribution in [3.63, 3.8) is 0 Å². The Morgan fingerprint density at radius 1 is 1.26 bits per heavy atom. The van der Waals surface area contributed by atoms with Gasteiger partial charge in [-0.15, -0.1) is 0 Å². The molecule has 3 aliphatic heterocycles. The lowest BCUT2D eigenvalue weighted by molar-refractivity contribution is -0.128. The molecule has 3 heterocycles. The molecule has 3 aliphatic rings. The Labute approximate surface area is 137 Å². The van der Waals surface area contributed by atoms with Crippen LogP contribution in [0.2, 0.25) is 0 Å². The number of nitrogens with two attached hydrogens (primary N) is 1. The average molecular weight is 315 g/mol. The van der Waals surface area contributed by atoms with Crippen LogP contribution in [0.25, 0.3) is 0 Å². The lowest BCUT2D eigenvalue weighted by Crippen LogP contribution is -2.48. The van der Waals surface area contributed by atoms with Crippen LogP contribution in [-0.4, -0.2) is 61.1 Å². The molecule has 1 spiro atoms. The Morgan fingerprint density at radius 2 is 2.04 bits per heavy atom. The first kappa shape index (κ1) is 15.0. The van der Waals surface area contributed by atoms with E-state index in [-0.39, 0.29) is 17.9 Å². The SMILES string of the molecule is NCC(=O)N1CCC(N2CCC3(CC2)COc2ccccc23)C1. The number of amides is 1. The highest BCUT2D eigenvalue weighted by atomic mass is 16.5. The van der Waals surface area contributed by atoms with Gasteiger partial charge in [-0.1, -0.05) is 18.2 Å². The molecule has 5 heteroatoms. The van der Waals surface area contributed by atoms with Crippen molar-refractivity contribution in [2.45, 2.75) is 30.7 Å². The Hall–Kier alpha value is -1.59. The van der Waals surface area contributed by atoms with E-state index >= 15 is 0 Å². The molecule has 1 unspecified atom stereocenters. The van der Waals surface area contributed by atoms with E-state index in [1.54, 1.807) is 0 Å². The zero-order valence-corrected chi connectivity index (χ0v) is 13.5. The van der Waals surface area contributed by atoms with Gasteiger partial charge in [0.15, 0.2) is 0 Å². The second-order valence-corrected chi connectivity index (χ2v) is 7.09. The maximum Gasteiger partial charge on any atom is 0.236 e. The molecule has 1 aromatic rings. The molecule has 23 heavy (non-hydrogen) atoms. The maximum absolute atomic E-state index is 11.7. The molecule has 2 N–H and O–H groups in total. The number of ether oxygens (including phenoxy) is 1. The fourth-order valence-corrected chi connectivity index (χ4v) is 4.45. The van der Waals surface area contributed by atoms with Crippen molar-refractivity contribution in [3.05, 3.63) is 29.8 Å². The monoisotopic (exact) mass is 315 g/mol. The third-order valence-electron chi connectivity index (χ3n) is 5.92. The molecule has 1 amide bonds. The first-order valence-electron chi connectivity index (χ1n) is 8.66. The van der Waals surface area contributed by atoms with Gasteiger partial charge in [0.1, 0.15) is 5.75 Å². The normalized spacial score (nSPS) is 26.3. The first-order valence-corrected chi connectivity index (χ1v) is 8.66. The number of nitrogens with zero attached hydrogens (tertiary/aromatic N) is 2. The van der Waals surface area contributed by atoms with E-state index in [1.807, 2.05) is 4.90 Å². The van der Waals surface area contributed by atoms with Crippen LogP contribution in [0.15, 0.2) is 24.3 Å². The molecule has 0 aromatic heterocycles. The highest BCUT2D eigenvalue weighted by Gasteiger charge is 2.44. The standard InChI is InChI=1S/C18H25N3O2/c19-11-17(22)21-8-5-14(12-21)20-9-6-18(7-10-20)13-23-16-4-2-1-3-15(16)18/h1-4,14H,5-13,19H2. The molecule has 0 bridgehead atoms. The summed E-state index contributed by atoms with van der Waals surface area (Å²) in [6, 6.07) is 8.99. The molecule has 5 nitrogen and oxygen atoms in total. The third kappa shape index (κ3) is 2.52. The minimum absolute atomic E-state index is 0.0825. The summed E-state index contributed by atoms with van der Waals surface area (Å²) in [6.45, 7) is 4.83. The number of benzene rings is 1. The summed E-state index contributed by atoms with van der Waals surface area (Å²) in [5.41, 5.74) is 7.08. The number of rotatable bonds is 2. The van der Waals surface area contributed by atoms with E-state index in [2.05, 4.69) is 29.2 Å². The molecule has 1 aromatic carbocycles. The summed E-state index contributed by atoms with van der Waals surface area (Å²) in [5, 5.41) is 0. The number of piperidine rings is 1.